The van der Waals surface area contributed by atoms with Crippen LogP contribution in [-0.2, 0) is 14.3 Å². The van der Waals surface area contributed by atoms with Crippen molar-refractivity contribution in [3.8, 4) is 0 Å². The summed E-state index contributed by atoms with van der Waals surface area (Å²) in [7, 11) is 0. The molecule has 1 aliphatic rings. The summed E-state index contributed by atoms with van der Waals surface area (Å²) in [6.45, 7) is 6.91. The van der Waals surface area contributed by atoms with Crippen molar-refractivity contribution < 1.29 is 14.3 Å². The van der Waals surface area contributed by atoms with Crippen molar-refractivity contribution in [3.05, 3.63) is 0 Å². The van der Waals surface area contributed by atoms with Crippen molar-refractivity contribution in [1.29, 1.82) is 0 Å². The third-order valence-electron chi connectivity index (χ3n) is 3.33. The first-order valence-corrected chi connectivity index (χ1v) is 7.05. The fourth-order valence-corrected chi connectivity index (χ4v) is 2.37. The van der Waals surface area contributed by atoms with Crippen LogP contribution in [0.25, 0.3) is 0 Å². The topological polar surface area (TPSA) is 61.6 Å². The van der Waals surface area contributed by atoms with Gasteiger partial charge in [0.25, 0.3) is 0 Å². The fraction of sp³-hybridized carbons (Fsp3) is 0.929. The van der Waals surface area contributed by atoms with Crippen LogP contribution in [-0.4, -0.2) is 32.3 Å². The normalized spacial score (nSPS) is 21.9. The molecule has 0 unspecified atom stereocenters. The number of nitrogens with two attached hydrogens (primary N) is 1. The van der Waals surface area contributed by atoms with E-state index in [-0.39, 0.29) is 11.9 Å². The van der Waals surface area contributed by atoms with Gasteiger partial charge in [-0.2, -0.15) is 0 Å². The molecule has 2 N–H and O–H groups in total. The van der Waals surface area contributed by atoms with Gasteiger partial charge in [-0.15, -0.1) is 0 Å². The molecule has 4 heteroatoms. The van der Waals surface area contributed by atoms with Crippen molar-refractivity contribution in [2.24, 2.45) is 23.5 Å². The quantitative estimate of drug-likeness (QED) is 0.708. The average molecular weight is 257 g/mol. The minimum absolute atomic E-state index is 0.114. The minimum atomic E-state index is -0.114. The molecule has 18 heavy (non-hydrogen) atoms. The first-order chi connectivity index (χ1) is 8.61. The number of hydrogen-bond donors (Lipinski definition) is 1. The Morgan fingerprint density at radius 1 is 1.50 bits per heavy atom. The molecular formula is C14H27NO3. The van der Waals surface area contributed by atoms with E-state index in [0.717, 1.165) is 32.5 Å². The Kier molecular flexibility index (Phi) is 7.28. The molecule has 1 rings (SSSR count). The summed E-state index contributed by atoms with van der Waals surface area (Å²) in [6, 6.07) is 0. The molecule has 1 fully saturated rings. The van der Waals surface area contributed by atoms with Crippen LogP contribution in [0.3, 0.4) is 0 Å². The van der Waals surface area contributed by atoms with Crippen LogP contribution in [0, 0.1) is 17.8 Å². The van der Waals surface area contributed by atoms with Gasteiger partial charge in [0.2, 0.25) is 0 Å². The third kappa shape index (κ3) is 6.36. The summed E-state index contributed by atoms with van der Waals surface area (Å²) < 4.78 is 10.7. The maximum atomic E-state index is 11.7. The van der Waals surface area contributed by atoms with E-state index in [1.807, 2.05) is 0 Å². The first-order valence-electron chi connectivity index (χ1n) is 7.05. The van der Waals surface area contributed by atoms with Gasteiger partial charge in [0, 0.05) is 18.9 Å². The summed E-state index contributed by atoms with van der Waals surface area (Å²) in [5.41, 5.74) is 5.68. The smallest absolute Gasteiger partial charge is 0.306 e. The van der Waals surface area contributed by atoms with E-state index in [1.54, 1.807) is 0 Å². The molecule has 106 valence electrons. The van der Waals surface area contributed by atoms with Gasteiger partial charge >= 0.3 is 5.97 Å². The summed E-state index contributed by atoms with van der Waals surface area (Å²) >= 11 is 0. The molecule has 0 radical (unpaired) electrons. The highest BCUT2D eigenvalue weighted by atomic mass is 16.5. The zero-order chi connectivity index (χ0) is 13.4. The molecule has 0 aromatic rings. The van der Waals surface area contributed by atoms with E-state index in [4.69, 9.17) is 15.2 Å². The van der Waals surface area contributed by atoms with E-state index < -0.39 is 0 Å². The summed E-state index contributed by atoms with van der Waals surface area (Å²) in [5, 5.41) is 0. The lowest BCUT2D eigenvalue weighted by molar-refractivity contribution is -0.147. The predicted molar refractivity (Wildman–Crippen MR) is 71.1 cm³/mol. The van der Waals surface area contributed by atoms with Gasteiger partial charge in [-0.25, -0.2) is 0 Å². The number of hydrogen-bond acceptors (Lipinski definition) is 4. The van der Waals surface area contributed by atoms with Crippen LogP contribution in [0.1, 0.15) is 39.5 Å². The molecule has 0 aromatic carbocycles. The van der Waals surface area contributed by atoms with Gasteiger partial charge in [-0.3, -0.25) is 4.79 Å². The Bertz CT molecular complexity index is 237. The molecule has 1 aliphatic heterocycles. The van der Waals surface area contributed by atoms with E-state index in [1.165, 1.54) is 0 Å². The SMILES string of the molecule is CC(C)C[C@H](CN)CC(=O)OC[C@@H]1CCCOC1. The van der Waals surface area contributed by atoms with E-state index in [9.17, 15) is 4.79 Å². The molecule has 0 aromatic heterocycles. The van der Waals surface area contributed by atoms with Crippen molar-refractivity contribution in [2.75, 3.05) is 26.4 Å². The zero-order valence-electron chi connectivity index (χ0n) is 11.7. The monoisotopic (exact) mass is 257 g/mol. The highest BCUT2D eigenvalue weighted by molar-refractivity contribution is 5.69. The highest BCUT2D eigenvalue weighted by Crippen LogP contribution is 2.17. The van der Waals surface area contributed by atoms with Crippen molar-refractivity contribution in [2.45, 2.75) is 39.5 Å². The van der Waals surface area contributed by atoms with Crippen LogP contribution in [0.5, 0.6) is 0 Å². The third-order valence-corrected chi connectivity index (χ3v) is 3.33. The molecular weight excluding hydrogens is 230 g/mol. The number of rotatable bonds is 7. The second-order valence-electron chi connectivity index (χ2n) is 5.70. The Balaban J connectivity index is 2.18. The first kappa shape index (κ1) is 15.4. The summed E-state index contributed by atoms with van der Waals surface area (Å²) in [5.74, 6) is 1.08. The summed E-state index contributed by atoms with van der Waals surface area (Å²) in [4.78, 5) is 11.7. The molecule has 2 atom stereocenters. The Morgan fingerprint density at radius 2 is 2.28 bits per heavy atom. The predicted octanol–water partition coefficient (Wildman–Crippen LogP) is 1.97. The maximum absolute atomic E-state index is 11.7. The number of carbonyl (C=O) groups excluding carboxylic acids is 1. The van der Waals surface area contributed by atoms with Crippen molar-refractivity contribution in [1.82, 2.24) is 0 Å². The van der Waals surface area contributed by atoms with Gasteiger partial charge in [0.1, 0.15) is 0 Å². The van der Waals surface area contributed by atoms with Crippen molar-refractivity contribution >= 4 is 5.97 Å². The van der Waals surface area contributed by atoms with E-state index in [0.29, 0.717) is 31.4 Å². The van der Waals surface area contributed by atoms with Gasteiger partial charge in [-0.05, 0) is 37.6 Å². The highest BCUT2D eigenvalue weighted by Gasteiger charge is 2.18. The Labute approximate surface area is 110 Å². The van der Waals surface area contributed by atoms with Gasteiger partial charge in [0.05, 0.1) is 13.2 Å². The van der Waals surface area contributed by atoms with Crippen LogP contribution in [0.2, 0.25) is 0 Å². The van der Waals surface area contributed by atoms with Gasteiger partial charge in [0.15, 0.2) is 0 Å². The Morgan fingerprint density at radius 3 is 2.83 bits per heavy atom. The standard InChI is InChI=1S/C14H27NO3/c1-11(2)6-13(8-15)7-14(16)18-10-12-4-3-5-17-9-12/h11-13H,3-10,15H2,1-2H3/t12-,13+/m1/s1. The zero-order valence-corrected chi connectivity index (χ0v) is 11.7. The molecule has 0 spiro atoms. The van der Waals surface area contributed by atoms with Crippen LogP contribution < -0.4 is 5.73 Å². The lowest BCUT2D eigenvalue weighted by atomic mass is 9.94. The Hall–Kier alpha value is -0.610. The average Bonchev–Trinajstić information content (AvgIpc) is 2.36. The van der Waals surface area contributed by atoms with Crippen LogP contribution in [0.15, 0.2) is 0 Å². The van der Waals surface area contributed by atoms with Gasteiger partial charge in [-0.1, -0.05) is 13.8 Å². The van der Waals surface area contributed by atoms with Crippen molar-refractivity contribution in [3.63, 3.8) is 0 Å². The van der Waals surface area contributed by atoms with E-state index in [2.05, 4.69) is 13.8 Å². The van der Waals surface area contributed by atoms with Crippen LogP contribution in [0.4, 0.5) is 0 Å². The van der Waals surface area contributed by atoms with Crippen LogP contribution >= 0.6 is 0 Å². The van der Waals surface area contributed by atoms with E-state index >= 15 is 0 Å². The lowest BCUT2D eigenvalue weighted by Gasteiger charge is -2.22. The fourth-order valence-electron chi connectivity index (χ4n) is 2.37. The molecule has 0 saturated carbocycles. The molecule has 0 aliphatic carbocycles. The van der Waals surface area contributed by atoms with Gasteiger partial charge < -0.3 is 15.2 Å². The second kappa shape index (κ2) is 8.48. The second-order valence-corrected chi connectivity index (χ2v) is 5.70. The maximum Gasteiger partial charge on any atom is 0.306 e. The largest absolute Gasteiger partial charge is 0.465 e. The number of ether oxygens (including phenoxy) is 2. The number of carbonyl (C=O) groups is 1. The molecule has 0 bridgehead atoms. The minimum Gasteiger partial charge on any atom is -0.465 e. The number of esters is 1. The molecule has 1 heterocycles. The molecule has 0 amide bonds. The summed E-state index contributed by atoms with van der Waals surface area (Å²) in [6.07, 6.45) is 3.60. The molecule has 1 saturated heterocycles. The lowest BCUT2D eigenvalue weighted by Crippen LogP contribution is -2.25. The molecule has 4 nitrogen and oxygen atoms in total.